The fourth-order valence-corrected chi connectivity index (χ4v) is 1.47. The second kappa shape index (κ2) is 4.09. The van der Waals surface area contributed by atoms with Crippen LogP contribution in [0.15, 0.2) is 6.07 Å². The third-order valence-electron chi connectivity index (χ3n) is 2.26. The van der Waals surface area contributed by atoms with Crippen molar-refractivity contribution in [3.05, 3.63) is 17.5 Å². The normalized spacial score (nSPS) is 15.5. The van der Waals surface area contributed by atoms with E-state index >= 15 is 0 Å². The minimum Gasteiger partial charge on any atom is -0.328 e. The minimum atomic E-state index is -1.33. The van der Waals surface area contributed by atoms with Gasteiger partial charge in [0.2, 0.25) is 0 Å². The first-order valence-corrected chi connectivity index (χ1v) is 4.91. The fraction of sp³-hybridized carbons (Fsp3) is 0.700. The Morgan fingerprint density at radius 2 is 2.29 bits per heavy atom. The summed E-state index contributed by atoms with van der Waals surface area (Å²) in [5.41, 5.74) is 5.86. The monoisotopic (exact) mass is 199 g/mol. The highest BCUT2D eigenvalue weighted by Crippen LogP contribution is 2.17. The van der Waals surface area contributed by atoms with Crippen molar-refractivity contribution < 1.29 is 4.39 Å². The molecule has 0 amide bonds. The lowest BCUT2D eigenvalue weighted by Gasteiger charge is -2.17. The Hall–Kier alpha value is -0.900. The van der Waals surface area contributed by atoms with E-state index in [9.17, 15) is 4.39 Å². The Kier molecular flexibility index (Phi) is 3.26. The van der Waals surface area contributed by atoms with E-state index in [0.717, 1.165) is 17.9 Å². The van der Waals surface area contributed by atoms with Crippen LogP contribution in [-0.4, -0.2) is 22.0 Å². The molecule has 0 aromatic carbocycles. The molecule has 0 fully saturated rings. The zero-order valence-electron chi connectivity index (χ0n) is 9.05. The van der Waals surface area contributed by atoms with Crippen molar-refractivity contribution in [3.8, 4) is 0 Å². The summed E-state index contributed by atoms with van der Waals surface area (Å²) in [6.07, 6.45) is 0.332. The molecule has 1 heterocycles. The second-order valence-electron chi connectivity index (χ2n) is 3.89. The number of aryl methyl sites for hydroxylation is 2. The highest BCUT2D eigenvalue weighted by Gasteiger charge is 2.23. The van der Waals surface area contributed by atoms with Gasteiger partial charge in [0, 0.05) is 25.2 Å². The first kappa shape index (κ1) is 11.2. The maximum absolute atomic E-state index is 13.7. The molecule has 3 nitrogen and oxygen atoms in total. The van der Waals surface area contributed by atoms with Crippen LogP contribution >= 0.6 is 0 Å². The fourth-order valence-electron chi connectivity index (χ4n) is 1.47. The molecule has 1 aromatic heterocycles. The standard InChI is InChI=1S/C10H18FN3/c1-4-14-9(5-8(2)13-14)6-10(3,11)7-12/h5H,4,6-7,12H2,1-3H3. The van der Waals surface area contributed by atoms with Crippen molar-refractivity contribution in [2.75, 3.05) is 6.54 Å². The molecule has 14 heavy (non-hydrogen) atoms. The van der Waals surface area contributed by atoms with E-state index in [4.69, 9.17) is 5.73 Å². The third-order valence-corrected chi connectivity index (χ3v) is 2.26. The van der Waals surface area contributed by atoms with E-state index in [0.29, 0.717) is 6.42 Å². The maximum atomic E-state index is 13.7. The van der Waals surface area contributed by atoms with Crippen molar-refractivity contribution >= 4 is 0 Å². The number of aromatic nitrogens is 2. The molecule has 80 valence electrons. The molecular weight excluding hydrogens is 181 g/mol. The van der Waals surface area contributed by atoms with Crippen LogP contribution < -0.4 is 5.73 Å². The maximum Gasteiger partial charge on any atom is 0.125 e. The van der Waals surface area contributed by atoms with Gasteiger partial charge >= 0.3 is 0 Å². The molecule has 4 heteroatoms. The van der Waals surface area contributed by atoms with Crippen molar-refractivity contribution in [1.82, 2.24) is 9.78 Å². The molecule has 0 aliphatic rings. The van der Waals surface area contributed by atoms with Gasteiger partial charge in [-0.05, 0) is 26.8 Å². The van der Waals surface area contributed by atoms with Crippen LogP contribution in [0.1, 0.15) is 25.2 Å². The van der Waals surface area contributed by atoms with Gasteiger partial charge in [0.1, 0.15) is 5.67 Å². The number of halogens is 1. The van der Waals surface area contributed by atoms with Gasteiger partial charge < -0.3 is 5.73 Å². The van der Waals surface area contributed by atoms with Gasteiger partial charge in [-0.2, -0.15) is 5.10 Å². The molecule has 1 atom stereocenters. The molecule has 2 N–H and O–H groups in total. The Bertz CT molecular complexity index is 304. The van der Waals surface area contributed by atoms with E-state index in [1.807, 2.05) is 24.6 Å². The summed E-state index contributed by atoms with van der Waals surface area (Å²) >= 11 is 0. The quantitative estimate of drug-likeness (QED) is 0.797. The smallest absolute Gasteiger partial charge is 0.125 e. The number of hydrogen-bond acceptors (Lipinski definition) is 2. The lowest BCUT2D eigenvalue weighted by Crippen LogP contribution is -2.32. The number of nitrogens with two attached hydrogens (primary N) is 1. The zero-order chi connectivity index (χ0) is 10.8. The Labute approximate surface area is 84.1 Å². The molecule has 0 bridgehead atoms. The molecule has 1 aromatic rings. The number of hydrogen-bond donors (Lipinski definition) is 1. The van der Waals surface area contributed by atoms with E-state index in [1.165, 1.54) is 6.92 Å². The molecule has 0 aliphatic carbocycles. The lowest BCUT2D eigenvalue weighted by molar-refractivity contribution is 0.196. The van der Waals surface area contributed by atoms with Gasteiger partial charge in [-0.3, -0.25) is 4.68 Å². The molecule has 0 aliphatic heterocycles. The Morgan fingerprint density at radius 1 is 1.64 bits per heavy atom. The average molecular weight is 199 g/mol. The summed E-state index contributed by atoms with van der Waals surface area (Å²) in [7, 11) is 0. The van der Waals surface area contributed by atoms with Crippen LogP contribution in [0.3, 0.4) is 0 Å². The Balaban J connectivity index is 2.85. The largest absolute Gasteiger partial charge is 0.328 e. The summed E-state index contributed by atoms with van der Waals surface area (Å²) in [6, 6.07) is 1.91. The van der Waals surface area contributed by atoms with Crippen LogP contribution in [-0.2, 0) is 13.0 Å². The van der Waals surface area contributed by atoms with Gasteiger partial charge in [-0.25, -0.2) is 4.39 Å². The molecular formula is C10H18FN3. The molecule has 0 saturated heterocycles. The molecule has 0 radical (unpaired) electrons. The Morgan fingerprint density at radius 3 is 2.79 bits per heavy atom. The van der Waals surface area contributed by atoms with E-state index in [1.54, 1.807) is 0 Å². The van der Waals surface area contributed by atoms with E-state index < -0.39 is 5.67 Å². The first-order valence-electron chi connectivity index (χ1n) is 4.91. The summed E-state index contributed by atoms with van der Waals surface area (Å²) in [5.74, 6) is 0. The second-order valence-corrected chi connectivity index (χ2v) is 3.89. The first-order chi connectivity index (χ1) is 6.48. The van der Waals surface area contributed by atoms with Crippen molar-refractivity contribution in [3.63, 3.8) is 0 Å². The summed E-state index contributed by atoms with van der Waals surface area (Å²) in [4.78, 5) is 0. The number of nitrogens with zero attached hydrogens (tertiary/aromatic N) is 2. The van der Waals surface area contributed by atoms with Crippen molar-refractivity contribution in [1.29, 1.82) is 0 Å². The van der Waals surface area contributed by atoms with Gasteiger partial charge in [0.05, 0.1) is 5.69 Å². The molecule has 0 spiro atoms. The number of rotatable bonds is 4. The lowest BCUT2D eigenvalue weighted by atomic mass is 10.0. The molecule has 1 rings (SSSR count). The SMILES string of the molecule is CCn1nc(C)cc1CC(C)(F)CN. The topological polar surface area (TPSA) is 43.8 Å². The van der Waals surface area contributed by atoms with Crippen LogP contribution in [0.5, 0.6) is 0 Å². The summed E-state index contributed by atoms with van der Waals surface area (Å²) in [5, 5.41) is 4.26. The van der Waals surface area contributed by atoms with Crippen LogP contribution in [0.2, 0.25) is 0 Å². The van der Waals surface area contributed by atoms with Gasteiger partial charge in [-0.1, -0.05) is 0 Å². The van der Waals surface area contributed by atoms with Gasteiger partial charge in [0.25, 0.3) is 0 Å². The predicted octanol–water partition coefficient (Wildman–Crippen LogP) is 1.44. The zero-order valence-corrected chi connectivity index (χ0v) is 9.05. The van der Waals surface area contributed by atoms with Crippen molar-refractivity contribution in [2.24, 2.45) is 5.73 Å². The average Bonchev–Trinajstić information content (AvgIpc) is 2.45. The highest BCUT2D eigenvalue weighted by molar-refractivity contribution is 5.11. The van der Waals surface area contributed by atoms with E-state index in [2.05, 4.69) is 5.10 Å². The summed E-state index contributed by atoms with van der Waals surface area (Å²) < 4.78 is 15.5. The van der Waals surface area contributed by atoms with Crippen LogP contribution in [0.25, 0.3) is 0 Å². The predicted molar refractivity (Wildman–Crippen MR) is 54.9 cm³/mol. The van der Waals surface area contributed by atoms with Gasteiger partial charge in [-0.15, -0.1) is 0 Å². The van der Waals surface area contributed by atoms with E-state index in [-0.39, 0.29) is 6.54 Å². The third kappa shape index (κ3) is 2.54. The van der Waals surface area contributed by atoms with Gasteiger partial charge in [0.15, 0.2) is 0 Å². The summed E-state index contributed by atoms with van der Waals surface area (Å²) in [6.45, 7) is 6.24. The van der Waals surface area contributed by atoms with Crippen LogP contribution in [0.4, 0.5) is 4.39 Å². The van der Waals surface area contributed by atoms with Crippen LogP contribution in [0, 0.1) is 6.92 Å². The molecule has 0 saturated carbocycles. The highest BCUT2D eigenvalue weighted by atomic mass is 19.1. The minimum absolute atomic E-state index is 0.0426. The molecule has 1 unspecified atom stereocenters. The number of alkyl halides is 1. The van der Waals surface area contributed by atoms with Crippen molar-refractivity contribution in [2.45, 2.75) is 39.4 Å².